The topological polar surface area (TPSA) is 22.1 Å². The predicted molar refractivity (Wildman–Crippen MR) is 45.2 cm³/mol. The van der Waals surface area contributed by atoms with Gasteiger partial charge in [-0.2, -0.15) is 0 Å². The number of rotatable bonds is 2. The number of hydrogen-bond donors (Lipinski definition) is 0. The van der Waals surface area contributed by atoms with E-state index in [-0.39, 0.29) is 0 Å². The summed E-state index contributed by atoms with van der Waals surface area (Å²) >= 11 is 5.72. The second-order valence-corrected chi connectivity index (χ2v) is 2.55. The summed E-state index contributed by atoms with van der Waals surface area (Å²) in [7, 11) is 1.59. The van der Waals surface area contributed by atoms with Crippen LogP contribution in [0.25, 0.3) is 0 Å². The van der Waals surface area contributed by atoms with E-state index in [2.05, 4.69) is 11.9 Å². The van der Waals surface area contributed by atoms with Crippen LogP contribution in [0.15, 0.2) is 12.3 Å². The van der Waals surface area contributed by atoms with Gasteiger partial charge in [0.1, 0.15) is 0 Å². The largest absolute Gasteiger partial charge is 0.494 e. The van der Waals surface area contributed by atoms with E-state index >= 15 is 0 Å². The van der Waals surface area contributed by atoms with E-state index in [1.54, 1.807) is 13.3 Å². The first-order chi connectivity index (χ1) is 5.27. The van der Waals surface area contributed by atoms with Crippen LogP contribution in [0.5, 0.6) is 5.75 Å². The minimum Gasteiger partial charge on any atom is -0.494 e. The molecule has 0 bridgehead atoms. The van der Waals surface area contributed by atoms with E-state index in [1.807, 2.05) is 6.07 Å². The van der Waals surface area contributed by atoms with Crippen molar-refractivity contribution in [2.75, 3.05) is 7.11 Å². The Labute approximate surface area is 71.2 Å². The molecule has 0 radical (unpaired) electrons. The number of hydrogen-bond acceptors (Lipinski definition) is 2. The van der Waals surface area contributed by atoms with Gasteiger partial charge in [-0.05, 0) is 18.1 Å². The molecule has 60 valence electrons. The molecule has 0 aliphatic carbocycles. The molecule has 0 saturated heterocycles. The van der Waals surface area contributed by atoms with Gasteiger partial charge in [-0.15, -0.1) is 0 Å². The first kappa shape index (κ1) is 8.34. The van der Waals surface area contributed by atoms with Crippen LogP contribution in [-0.2, 0) is 6.42 Å². The Hall–Kier alpha value is -0.760. The third-order valence-corrected chi connectivity index (χ3v) is 1.78. The fourth-order valence-electron chi connectivity index (χ4n) is 0.805. The molecule has 3 heteroatoms. The number of nitrogens with zero attached hydrogens (tertiary/aromatic N) is 1. The molecule has 1 rings (SSSR count). The lowest BCUT2D eigenvalue weighted by Gasteiger charge is -2.02. The number of halogens is 1. The minimum atomic E-state index is 0.421. The van der Waals surface area contributed by atoms with Crippen molar-refractivity contribution in [1.29, 1.82) is 0 Å². The fourth-order valence-corrected chi connectivity index (χ4v) is 0.985. The molecule has 0 fully saturated rings. The average molecular weight is 172 g/mol. The lowest BCUT2D eigenvalue weighted by molar-refractivity contribution is 0.412. The van der Waals surface area contributed by atoms with E-state index in [1.165, 1.54) is 0 Å². The molecule has 0 unspecified atom stereocenters. The van der Waals surface area contributed by atoms with Gasteiger partial charge in [0.2, 0.25) is 0 Å². The molecule has 2 nitrogen and oxygen atoms in total. The lowest BCUT2D eigenvalue weighted by atomic mass is 10.2. The summed E-state index contributed by atoms with van der Waals surface area (Å²) in [6, 6.07) is 1.90. The van der Waals surface area contributed by atoms with E-state index in [4.69, 9.17) is 16.3 Å². The zero-order valence-electron chi connectivity index (χ0n) is 6.60. The molecule has 0 amide bonds. The predicted octanol–water partition coefficient (Wildman–Crippen LogP) is 2.31. The second-order valence-electron chi connectivity index (χ2n) is 2.19. The SMILES string of the molecule is CCc1cnc(Cl)c(OC)c1. The summed E-state index contributed by atoms with van der Waals surface area (Å²) in [5.74, 6) is 0.644. The highest BCUT2D eigenvalue weighted by Gasteiger charge is 2.00. The van der Waals surface area contributed by atoms with Gasteiger partial charge in [0, 0.05) is 6.20 Å². The van der Waals surface area contributed by atoms with Crippen molar-refractivity contribution >= 4 is 11.6 Å². The van der Waals surface area contributed by atoms with Crippen molar-refractivity contribution in [3.63, 3.8) is 0 Å². The summed E-state index contributed by atoms with van der Waals surface area (Å²) in [6.45, 7) is 2.06. The van der Waals surface area contributed by atoms with Gasteiger partial charge in [-0.1, -0.05) is 18.5 Å². The van der Waals surface area contributed by atoms with Crippen LogP contribution in [0.3, 0.4) is 0 Å². The van der Waals surface area contributed by atoms with Gasteiger partial charge < -0.3 is 4.74 Å². The number of pyridine rings is 1. The first-order valence-corrected chi connectivity index (χ1v) is 3.84. The van der Waals surface area contributed by atoms with Gasteiger partial charge in [0.15, 0.2) is 10.9 Å². The average Bonchev–Trinajstić information content (AvgIpc) is 2.05. The summed E-state index contributed by atoms with van der Waals surface area (Å²) in [4.78, 5) is 3.96. The molecule has 0 N–H and O–H groups in total. The number of ether oxygens (including phenoxy) is 1. The van der Waals surface area contributed by atoms with E-state index < -0.39 is 0 Å². The first-order valence-electron chi connectivity index (χ1n) is 3.46. The molecule has 0 aromatic carbocycles. The van der Waals surface area contributed by atoms with Gasteiger partial charge in [-0.25, -0.2) is 4.98 Å². The number of aromatic nitrogens is 1. The molecule has 1 aromatic heterocycles. The molecule has 0 saturated carbocycles. The molecule has 1 aromatic rings. The third kappa shape index (κ3) is 1.84. The van der Waals surface area contributed by atoms with Crippen LogP contribution in [0.4, 0.5) is 0 Å². The quantitative estimate of drug-likeness (QED) is 0.638. The highest BCUT2D eigenvalue weighted by atomic mass is 35.5. The maximum Gasteiger partial charge on any atom is 0.171 e. The Bertz CT molecular complexity index is 250. The van der Waals surface area contributed by atoms with Crippen molar-refractivity contribution in [2.45, 2.75) is 13.3 Å². The molecular formula is C8H10ClNO. The molecule has 0 spiro atoms. The zero-order chi connectivity index (χ0) is 8.27. The Morgan fingerprint density at radius 3 is 2.91 bits per heavy atom. The van der Waals surface area contributed by atoms with Gasteiger partial charge in [-0.3, -0.25) is 0 Å². The smallest absolute Gasteiger partial charge is 0.171 e. The minimum absolute atomic E-state index is 0.421. The zero-order valence-corrected chi connectivity index (χ0v) is 7.35. The molecule has 11 heavy (non-hydrogen) atoms. The number of methoxy groups -OCH3 is 1. The Morgan fingerprint density at radius 2 is 2.36 bits per heavy atom. The standard InChI is InChI=1S/C8H10ClNO/c1-3-6-4-7(11-2)8(9)10-5-6/h4-5H,3H2,1-2H3. The number of aryl methyl sites for hydroxylation is 1. The summed E-state index contributed by atoms with van der Waals surface area (Å²) in [5, 5.41) is 0.421. The third-order valence-electron chi connectivity index (χ3n) is 1.49. The monoisotopic (exact) mass is 171 g/mol. The maximum atomic E-state index is 5.72. The van der Waals surface area contributed by atoms with Crippen molar-refractivity contribution in [3.8, 4) is 5.75 Å². The van der Waals surface area contributed by atoms with Crippen molar-refractivity contribution < 1.29 is 4.74 Å². The van der Waals surface area contributed by atoms with Crippen LogP contribution in [0, 0.1) is 0 Å². The van der Waals surface area contributed by atoms with E-state index in [9.17, 15) is 0 Å². The van der Waals surface area contributed by atoms with Crippen molar-refractivity contribution in [1.82, 2.24) is 4.98 Å². The maximum absolute atomic E-state index is 5.72. The van der Waals surface area contributed by atoms with Gasteiger partial charge in [0.05, 0.1) is 7.11 Å². The molecule has 0 aliphatic rings. The van der Waals surface area contributed by atoms with Crippen molar-refractivity contribution in [2.24, 2.45) is 0 Å². The summed E-state index contributed by atoms with van der Waals surface area (Å²) in [6.07, 6.45) is 2.70. The normalized spacial score (nSPS) is 9.73. The van der Waals surface area contributed by atoms with Gasteiger partial charge >= 0.3 is 0 Å². The second kappa shape index (κ2) is 3.58. The Morgan fingerprint density at radius 1 is 1.64 bits per heavy atom. The Kier molecular flexibility index (Phi) is 2.71. The molecule has 0 aliphatic heterocycles. The van der Waals surface area contributed by atoms with E-state index in [0.29, 0.717) is 10.9 Å². The van der Waals surface area contributed by atoms with E-state index in [0.717, 1.165) is 12.0 Å². The highest BCUT2D eigenvalue weighted by Crippen LogP contribution is 2.21. The lowest BCUT2D eigenvalue weighted by Crippen LogP contribution is -1.89. The Balaban J connectivity index is 3.02. The molecule has 1 heterocycles. The van der Waals surface area contributed by atoms with Gasteiger partial charge in [0.25, 0.3) is 0 Å². The summed E-state index contributed by atoms with van der Waals surface area (Å²) in [5.41, 5.74) is 1.13. The van der Waals surface area contributed by atoms with Crippen LogP contribution in [0.1, 0.15) is 12.5 Å². The highest BCUT2D eigenvalue weighted by molar-refractivity contribution is 6.30. The van der Waals surface area contributed by atoms with Crippen LogP contribution < -0.4 is 4.74 Å². The van der Waals surface area contributed by atoms with Crippen molar-refractivity contribution in [3.05, 3.63) is 23.0 Å². The van der Waals surface area contributed by atoms with Crippen LogP contribution >= 0.6 is 11.6 Å². The molecule has 0 atom stereocenters. The van der Waals surface area contributed by atoms with Crippen LogP contribution in [-0.4, -0.2) is 12.1 Å². The summed E-state index contributed by atoms with van der Waals surface area (Å²) < 4.78 is 4.99. The fraction of sp³-hybridized carbons (Fsp3) is 0.375. The molecular weight excluding hydrogens is 162 g/mol. The van der Waals surface area contributed by atoms with Crippen LogP contribution in [0.2, 0.25) is 5.15 Å².